The third-order valence-corrected chi connectivity index (χ3v) is 2.27. The first-order valence-electron chi connectivity index (χ1n) is 4.80. The number of Topliss-reactive ketones (excluding diaryl/α,β-unsaturated/α-hetero) is 1. The van der Waals surface area contributed by atoms with Crippen LogP contribution in [0.5, 0.6) is 0 Å². The molecular weight excluding hydrogens is 192 g/mol. The minimum Gasteiger partial charge on any atom is -0.353 e. The first-order valence-corrected chi connectivity index (χ1v) is 4.80. The second-order valence-corrected chi connectivity index (χ2v) is 3.62. The van der Waals surface area contributed by atoms with Crippen LogP contribution in [-0.4, -0.2) is 24.8 Å². The second-order valence-electron chi connectivity index (χ2n) is 3.62. The van der Waals surface area contributed by atoms with Crippen molar-refractivity contribution < 1.29 is 9.59 Å². The van der Waals surface area contributed by atoms with Gasteiger partial charge in [0.1, 0.15) is 5.78 Å². The van der Waals surface area contributed by atoms with Crippen LogP contribution in [0.3, 0.4) is 0 Å². The zero-order chi connectivity index (χ0) is 10.8. The number of nitrogens with zero attached hydrogens (tertiary/aromatic N) is 1. The Kier molecular flexibility index (Phi) is 2.41. The predicted molar refractivity (Wildman–Crippen MR) is 58.0 cm³/mol. The molecule has 0 saturated heterocycles. The van der Waals surface area contributed by atoms with Crippen LogP contribution in [0.2, 0.25) is 0 Å². The maximum atomic E-state index is 11.4. The number of amides is 1. The molecule has 0 unspecified atom stereocenters. The van der Waals surface area contributed by atoms with E-state index in [4.69, 9.17) is 0 Å². The minimum atomic E-state index is -0.0741. The number of carbonyl (C=O) groups excluding carboxylic acids is 2. The van der Waals surface area contributed by atoms with Gasteiger partial charge in [0.2, 0.25) is 5.91 Å². The quantitative estimate of drug-likeness (QED) is 0.782. The molecule has 0 spiro atoms. The molecule has 2 rings (SSSR count). The largest absolute Gasteiger partial charge is 0.353 e. The average molecular weight is 204 g/mol. The van der Waals surface area contributed by atoms with E-state index in [2.05, 4.69) is 5.32 Å². The van der Waals surface area contributed by atoms with Crippen molar-refractivity contribution >= 4 is 23.1 Å². The molecule has 15 heavy (non-hydrogen) atoms. The Morgan fingerprint density at radius 2 is 2.20 bits per heavy atom. The molecule has 0 fully saturated rings. The fraction of sp³-hybridized carbons (Fsp3) is 0.273. The number of fused-ring (bicyclic) bond motifs is 1. The lowest BCUT2D eigenvalue weighted by atomic mass is 10.2. The topological polar surface area (TPSA) is 49.4 Å². The molecule has 1 aliphatic heterocycles. The van der Waals surface area contributed by atoms with Gasteiger partial charge >= 0.3 is 0 Å². The minimum absolute atomic E-state index is 0.0551. The summed E-state index contributed by atoms with van der Waals surface area (Å²) in [5.74, 6) is -0.0190. The number of hydrogen-bond acceptors (Lipinski definition) is 3. The molecule has 0 saturated carbocycles. The highest BCUT2D eigenvalue weighted by Crippen LogP contribution is 2.28. The third-order valence-electron chi connectivity index (χ3n) is 2.27. The summed E-state index contributed by atoms with van der Waals surface area (Å²) in [6, 6.07) is 7.48. The van der Waals surface area contributed by atoms with Gasteiger partial charge in [-0.05, 0) is 19.1 Å². The van der Waals surface area contributed by atoms with E-state index >= 15 is 0 Å². The lowest BCUT2D eigenvalue weighted by Crippen LogP contribution is -2.40. The van der Waals surface area contributed by atoms with Gasteiger partial charge in [0.15, 0.2) is 0 Å². The fourth-order valence-corrected chi connectivity index (χ4v) is 1.71. The van der Waals surface area contributed by atoms with Crippen molar-refractivity contribution in [2.45, 2.75) is 6.92 Å². The summed E-state index contributed by atoms with van der Waals surface area (Å²) in [5, 5.41) is 2.77. The van der Waals surface area contributed by atoms with Gasteiger partial charge in [0.05, 0.1) is 24.5 Å². The number of nitrogens with one attached hydrogen (secondary N) is 1. The number of rotatable bonds is 2. The zero-order valence-corrected chi connectivity index (χ0v) is 8.49. The highest BCUT2D eigenvalue weighted by molar-refractivity contribution is 6.02. The molecule has 0 atom stereocenters. The molecule has 1 aromatic rings. The third kappa shape index (κ3) is 1.98. The number of benzene rings is 1. The Labute approximate surface area is 87.9 Å². The van der Waals surface area contributed by atoms with E-state index in [1.54, 1.807) is 4.90 Å². The van der Waals surface area contributed by atoms with E-state index in [0.29, 0.717) is 0 Å². The lowest BCUT2D eigenvalue weighted by molar-refractivity contribution is -0.116. The first-order chi connectivity index (χ1) is 7.16. The molecule has 1 amide bonds. The Balaban J connectivity index is 2.33. The van der Waals surface area contributed by atoms with Gasteiger partial charge in [-0.2, -0.15) is 0 Å². The van der Waals surface area contributed by atoms with E-state index < -0.39 is 0 Å². The Hall–Kier alpha value is -1.84. The monoisotopic (exact) mass is 204 g/mol. The highest BCUT2D eigenvalue weighted by atomic mass is 16.2. The Morgan fingerprint density at radius 3 is 2.93 bits per heavy atom. The highest BCUT2D eigenvalue weighted by Gasteiger charge is 2.21. The average Bonchev–Trinajstić information content (AvgIpc) is 2.16. The summed E-state index contributed by atoms with van der Waals surface area (Å²) in [4.78, 5) is 24.2. The molecule has 0 bridgehead atoms. The summed E-state index contributed by atoms with van der Waals surface area (Å²) in [6.07, 6.45) is 0. The maximum absolute atomic E-state index is 11.4. The summed E-state index contributed by atoms with van der Waals surface area (Å²) in [6.45, 7) is 2.05. The number of hydrogen-bond donors (Lipinski definition) is 1. The Bertz CT molecular complexity index is 415. The maximum Gasteiger partial charge on any atom is 0.243 e. The van der Waals surface area contributed by atoms with E-state index in [9.17, 15) is 9.59 Å². The van der Waals surface area contributed by atoms with Crippen LogP contribution in [-0.2, 0) is 9.59 Å². The van der Waals surface area contributed by atoms with Crippen LogP contribution in [0.25, 0.3) is 0 Å². The van der Waals surface area contributed by atoms with Crippen LogP contribution in [0, 0.1) is 0 Å². The summed E-state index contributed by atoms with van der Waals surface area (Å²) in [7, 11) is 0. The van der Waals surface area contributed by atoms with Gasteiger partial charge in [-0.1, -0.05) is 12.1 Å². The van der Waals surface area contributed by atoms with Crippen molar-refractivity contribution in [2.24, 2.45) is 0 Å². The van der Waals surface area contributed by atoms with E-state index in [1.165, 1.54) is 6.92 Å². The van der Waals surface area contributed by atoms with Gasteiger partial charge < -0.3 is 10.2 Å². The Morgan fingerprint density at radius 1 is 1.47 bits per heavy atom. The van der Waals surface area contributed by atoms with Crippen molar-refractivity contribution in [2.75, 3.05) is 23.3 Å². The van der Waals surface area contributed by atoms with E-state index in [0.717, 1.165) is 11.4 Å². The van der Waals surface area contributed by atoms with Crippen molar-refractivity contribution in [3.05, 3.63) is 24.3 Å². The van der Waals surface area contributed by atoms with Gasteiger partial charge in [-0.3, -0.25) is 9.59 Å². The normalized spacial score (nSPS) is 14.5. The molecule has 78 valence electrons. The predicted octanol–water partition coefficient (Wildman–Crippen LogP) is 1.03. The molecule has 4 nitrogen and oxygen atoms in total. The van der Waals surface area contributed by atoms with Crippen molar-refractivity contribution in [1.29, 1.82) is 0 Å². The molecule has 0 aromatic heterocycles. The standard InChI is InChI=1S/C11H12N2O2/c1-8(14)6-13-7-11(15)12-9-4-2-3-5-10(9)13/h2-5H,6-7H2,1H3,(H,12,15). The molecular formula is C11H12N2O2. The molecule has 0 aliphatic carbocycles. The molecule has 1 aromatic carbocycles. The molecule has 1 aliphatic rings. The van der Waals surface area contributed by atoms with E-state index in [1.807, 2.05) is 24.3 Å². The van der Waals surface area contributed by atoms with Crippen LogP contribution >= 0.6 is 0 Å². The zero-order valence-electron chi connectivity index (χ0n) is 8.49. The van der Waals surface area contributed by atoms with Gasteiger partial charge in [0.25, 0.3) is 0 Å². The van der Waals surface area contributed by atoms with E-state index in [-0.39, 0.29) is 24.8 Å². The smallest absolute Gasteiger partial charge is 0.243 e. The summed E-state index contributed by atoms with van der Waals surface area (Å²) >= 11 is 0. The number of ketones is 1. The van der Waals surface area contributed by atoms with Crippen molar-refractivity contribution in [3.63, 3.8) is 0 Å². The lowest BCUT2D eigenvalue weighted by Gasteiger charge is -2.29. The number of anilines is 2. The van der Waals surface area contributed by atoms with Crippen LogP contribution < -0.4 is 10.2 Å². The number of para-hydroxylation sites is 2. The van der Waals surface area contributed by atoms with Crippen LogP contribution in [0.1, 0.15) is 6.92 Å². The van der Waals surface area contributed by atoms with Crippen molar-refractivity contribution in [1.82, 2.24) is 0 Å². The van der Waals surface area contributed by atoms with Crippen LogP contribution in [0.15, 0.2) is 24.3 Å². The van der Waals surface area contributed by atoms with Crippen molar-refractivity contribution in [3.8, 4) is 0 Å². The van der Waals surface area contributed by atoms with Gasteiger partial charge in [-0.15, -0.1) is 0 Å². The number of carbonyl (C=O) groups is 2. The summed E-state index contributed by atoms with van der Waals surface area (Å²) < 4.78 is 0. The first kappa shape index (κ1) is 9.71. The molecule has 1 N–H and O–H groups in total. The SMILES string of the molecule is CC(=O)CN1CC(=O)Nc2ccccc21. The van der Waals surface area contributed by atoms with Gasteiger partial charge in [0, 0.05) is 0 Å². The van der Waals surface area contributed by atoms with Crippen LogP contribution in [0.4, 0.5) is 11.4 Å². The fourth-order valence-electron chi connectivity index (χ4n) is 1.71. The molecule has 0 radical (unpaired) electrons. The molecule has 4 heteroatoms. The second kappa shape index (κ2) is 3.73. The van der Waals surface area contributed by atoms with Gasteiger partial charge in [-0.25, -0.2) is 0 Å². The molecule has 1 heterocycles. The summed E-state index contributed by atoms with van der Waals surface area (Å²) in [5.41, 5.74) is 1.68.